The number of nitrogens with zero attached hydrogens (tertiary/aromatic N) is 2. The van der Waals surface area contributed by atoms with Crippen LogP contribution < -0.4 is 10.6 Å². The fraction of sp³-hybridized carbons (Fsp3) is 0.625. The van der Waals surface area contributed by atoms with Gasteiger partial charge in [-0.1, -0.05) is 0 Å². The first-order valence-electron chi connectivity index (χ1n) is 8.60. The third-order valence-electron chi connectivity index (χ3n) is 4.79. The molecular weight excluding hydrogens is 326 g/mol. The summed E-state index contributed by atoms with van der Waals surface area (Å²) in [6.45, 7) is 1.18. The quantitative estimate of drug-likeness (QED) is 0.536. The highest BCUT2D eigenvalue weighted by molar-refractivity contribution is 5.92. The molecular formula is C16H23N5O4. The summed E-state index contributed by atoms with van der Waals surface area (Å²) in [4.78, 5) is 45.0. The van der Waals surface area contributed by atoms with E-state index in [9.17, 15) is 19.5 Å². The number of nitrogens with one attached hydrogen (secondary N) is 3. The molecule has 25 heavy (non-hydrogen) atoms. The Hall–Kier alpha value is -2.42. The van der Waals surface area contributed by atoms with Crippen LogP contribution in [-0.2, 0) is 20.8 Å². The van der Waals surface area contributed by atoms with Crippen LogP contribution in [0.1, 0.15) is 31.4 Å². The second-order valence-corrected chi connectivity index (χ2v) is 6.52. The predicted molar refractivity (Wildman–Crippen MR) is 87.6 cm³/mol. The normalized spacial score (nSPS) is 24.2. The minimum absolute atomic E-state index is 0.221. The molecule has 0 radical (unpaired) electrons. The number of H-pyrrole nitrogens is 1. The molecule has 1 aromatic rings. The third-order valence-corrected chi connectivity index (χ3v) is 4.79. The Balaban J connectivity index is 1.73. The molecule has 2 amide bonds. The first-order valence-corrected chi connectivity index (χ1v) is 8.60. The number of imidazole rings is 1. The Morgan fingerprint density at radius 2 is 2.20 bits per heavy atom. The molecule has 0 bridgehead atoms. The Bertz CT molecular complexity index is 626. The van der Waals surface area contributed by atoms with Crippen molar-refractivity contribution in [2.45, 2.75) is 50.2 Å². The average Bonchev–Trinajstić information content (AvgIpc) is 3.33. The number of carboxylic acid groups (broad SMARTS) is 1. The van der Waals surface area contributed by atoms with Crippen molar-refractivity contribution in [1.82, 2.24) is 25.5 Å². The zero-order valence-electron chi connectivity index (χ0n) is 13.9. The van der Waals surface area contributed by atoms with Gasteiger partial charge in [-0.05, 0) is 32.2 Å². The summed E-state index contributed by atoms with van der Waals surface area (Å²) in [6.07, 6.45) is 6.10. The lowest BCUT2D eigenvalue weighted by Crippen LogP contribution is -2.55. The van der Waals surface area contributed by atoms with Crippen molar-refractivity contribution >= 4 is 17.8 Å². The van der Waals surface area contributed by atoms with E-state index in [1.807, 2.05) is 0 Å². The van der Waals surface area contributed by atoms with E-state index in [2.05, 4.69) is 20.6 Å². The molecule has 1 aromatic heterocycles. The molecule has 3 rings (SSSR count). The van der Waals surface area contributed by atoms with E-state index in [4.69, 9.17) is 0 Å². The van der Waals surface area contributed by atoms with Gasteiger partial charge in [-0.25, -0.2) is 9.78 Å². The molecule has 9 heteroatoms. The molecule has 0 spiro atoms. The van der Waals surface area contributed by atoms with Gasteiger partial charge in [-0.15, -0.1) is 0 Å². The Kier molecular flexibility index (Phi) is 5.32. The maximum absolute atomic E-state index is 12.9. The maximum atomic E-state index is 12.9. The average molecular weight is 349 g/mol. The highest BCUT2D eigenvalue weighted by Crippen LogP contribution is 2.19. The number of hydrogen-bond donors (Lipinski definition) is 4. The number of likely N-dealkylation sites (tertiary alicyclic amines) is 1. The molecule has 2 fully saturated rings. The summed E-state index contributed by atoms with van der Waals surface area (Å²) >= 11 is 0. The monoisotopic (exact) mass is 349 g/mol. The fourth-order valence-electron chi connectivity index (χ4n) is 3.48. The van der Waals surface area contributed by atoms with E-state index in [0.29, 0.717) is 25.1 Å². The number of carboxylic acids is 1. The molecule has 0 saturated carbocycles. The minimum atomic E-state index is -1.00. The van der Waals surface area contributed by atoms with Gasteiger partial charge in [0.2, 0.25) is 11.8 Å². The smallest absolute Gasteiger partial charge is 0.326 e. The van der Waals surface area contributed by atoms with Gasteiger partial charge in [0.25, 0.3) is 0 Å². The lowest BCUT2D eigenvalue weighted by Gasteiger charge is -2.28. The highest BCUT2D eigenvalue weighted by atomic mass is 16.4. The summed E-state index contributed by atoms with van der Waals surface area (Å²) in [5, 5.41) is 15.2. The van der Waals surface area contributed by atoms with Crippen LogP contribution in [0, 0.1) is 0 Å². The van der Waals surface area contributed by atoms with Crippen molar-refractivity contribution < 1.29 is 19.5 Å². The molecule has 0 aromatic carbocycles. The van der Waals surface area contributed by atoms with Crippen molar-refractivity contribution in [1.29, 1.82) is 0 Å². The van der Waals surface area contributed by atoms with Gasteiger partial charge in [-0.2, -0.15) is 0 Å². The van der Waals surface area contributed by atoms with Crippen molar-refractivity contribution in [2.24, 2.45) is 0 Å². The standard InChI is InChI=1S/C16H23N5O4/c22-14(11-3-1-5-18-11)20-12(7-10-8-17-9-19-10)15(23)21-6-2-4-13(21)16(24)25/h8-9,11-13,18H,1-7H2,(H,17,19)(H,20,22)(H,24,25)/t11-,12-,13+/m0/s1. The SMILES string of the molecule is O=C(N[C@@H](Cc1cnc[nH]1)C(=O)N1CCC[C@@H]1C(=O)O)[C@@H]1CCCN1. The summed E-state index contributed by atoms with van der Waals surface area (Å²) in [7, 11) is 0. The molecule has 0 unspecified atom stereocenters. The summed E-state index contributed by atoms with van der Waals surface area (Å²) < 4.78 is 0. The summed E-state index contributed by atoms with van der Waals surface area (Å²) in [5.74, 6) is -1.58. The van der Waals surface area contributed by atoms with Gasteiger partial charge < -0.3 is 25.6 Å². The zero-order chi connectivity index (χ0) is 17.8. The van der Waals surface area contributed by atoms with E-state index in [1.165, 1.54) is 11.2 Å². The van der Waals surface area contributed by atoms with Crippen LogP contribution in [0.25, 0.3) is 0 Å². The molecule has 2 aliphatic rings. The van der Waals surface area contributed by atoms with Crippen LogP contribution in [-0.4, -0.2) is 69.0 Å². The van der Waals surface area contributed by atoms with E-state index in [-0.39, 0.29) is 24.3 Å². The largest absolute Gasteiger partial charge is 0.480 e. The molecule has 2 saturated heterocycles. The van der Waals surface area contributed by atoms with Crippen LogP contribution in [0.3, 0.4) is 0 Å². The van der Waals surface area contributed by atoms with Crippen molar-refractivity contribution in [3.8, 4) is 0 Å². The number of amides is 2. The molecule has 0 aliphatic carbocycles. The van der Waals surface area contributed by atoms with E-state index >= 15 is 0 Å². The Morgan fingerprint density at radius 1 is 1.36 bits per heavy atom. The second-order valence-electron chi connectivity index (χ2n) is 6.52. The maximum Gasteiger partial charge on any atom is 0.326 e. The lowest BCUT2D eigenvalue weighted by atomic mass is 10.1. The summed E-state index contributed by atoms with van der Waals surface area (Å²) in [6, 6.07) is -1.93. The molecule has 4 N–H and O–H groups in total. The third kappa shape index (κ3) is 3.98. The van der Waals surface area contributed by atoms with Gasteiger partial charge in [-0.3, -0.25) is 9.59 Å². The van der Waals surface area contributed by atoms with Crippen LogP contribution in [0.15, 0.2) is 12.5 Å². The van der Waals surface area contributed by atoms with Gasteiger partial charge in [0, 0.05) is 24.9 Å². The van der Waals surface area contributed by atoms with Gasteiger partial charge in [0.05, 0.1) is 12.4 Å². The minimum Gasteiger partial charge on any atom is -0.480 e. The molecule has 3 heterocycles. The lowest BCUT2D eigenvalue weighted by molar-refractivity contribution is -0.149. The van der Waals surface area contributed by atoms with Crippen LogP contribution in [0.4, 0.5) is 0 Å². The number of aromatic nitrogens is 2. The number of carbonyl (C=O) groups excluding carboxylic acids is 2. The number of aromatic amines is 1. The number of hydrogen-bond acceptors (Lipinski definition) is 5. The van der Waals surface area contributed by atoms with E-state index in [1.54, 1.807) is 6.20 Å². The van der Waals surface area contributed by atoms with Gasteiger partial charge in [0.1, 0.15) is 12.1 Å². The van der Waals surface area contributed by atoms with E-state index < -0.39 is 18.1 Å². The molecule has 9 nitrogen and oxygen atoms in total. The van der Waals surface area contributed by atoms with Gasteiger partial charge >= 0.3 is 5.97 Å². The first kappa shape index (κ1) is 17.4. The zero-order valence-corrected chi connectivity index (χ0v) is 13.9. The molecule has 3 atom stereocenters. The van der Waals surface area contributed by atoms with Crippen LogP contribution in [0.5, 0.6) is 0 Å². The first-order chi connectivity index (χ1) is 12.1. The highest BCUT2D eigenvalue weighted by Gasteiger charge is 2.38. The van der Waals surface area contributed by atoms with Crippen LogP contribution in [0.2, 0.25) is 0 Å². The molecule has 2 aliphatic heterocycles. The van der Waals surface area contributed by atoms with Crippen molar-refractivity contribution in [3.63, 3.8) is 0 Å². The Morgan fingerprint density at radius 3 is 2.84 bits per heavy atom. The fourth-order valence-corrected chi connectivity index (χ4v) is 3.48. The van der Waals surface area contributed by atoms with Crippen molar-refractivity contribution in [2.75, 3.05) is 13.1 Å². The van der Waals surface area contributed by atoms with Crippen LogP contribution >= 0.6 is 0 Å². The number of rotatable bonds is 6. The summed E-state index contributed by atoms with van der Waals surface area (Å²) in [5.41, 5.74) is 0.712. The molecule has 136 valence electrons. The van der Waals surface area contributed by atoms with Crippen molar-refractivity contribution in [3.05, 3.63) is 18.2 Å². The second kappa shape index (κ2) is 7.64. The number of carbonyl (C=O) groups is 3. The van der Waals surface area contributed by atoms with Gasteiger partial charge in [0.15, 0.2) is 0 Å². The predicted octanol–water partition coefficient (Wildman–Crippen LogP) is -0.735. The Labute approximate surface area is 145 Å². The van der Waals surface area contributed by atoms with E-state index in [0.717, 1.165) is 19.4 Å². The topological polar surface area (TPSA) is 127 Å². The number of aliphatic carboxylic acids is 1.